The van der Waals surface area contributed by atoms with Gasteiger partial charge in [-0.15, -0.1) is 11.3 Å². The minimum absolute atomic E-state index is 0.101. The van der Waals surface area contributed by atoms with Gasteiger partial charge in [0.2, 0.25) is 0 Å². The van der Waals surface area contributed by atoms with Gasteiger partial charge < -0.3 is 5.32 Å². The fraction of sp³-hybridized carbons (Fsp3) is 0.154. The van der Waals surface area contributed by atoms with Crippen LogP contribution in [0.1, 0.15) is 10.6 Å². The first kappa shape index (κ1) is 15.6. The van der Waals surface area contributed by atoms with E-state index in [2.05, 4.69) is 15.6 Å². The fourth-order valence-corrected chi connectivity index (χ4v) is 2.34. The molecule has 0 atom stereocenters. The van der Waals surface area contributed by atoms with Gasteiger partial charge in [-0.2, -0.15) is 0 Å². The monoisotopic (exact) mass is 320 g/mol. The molecule has 0 saturated carbocycles. The van der Waals surface area contributed by atoms with Crippen LogP contribution >= 0.6 is 11.3 Å². The molecule has 0 spiro atoms. The molecule has 9 heteroatoms. The predicted molar refractivity (Wildman–Crippen MR) is 81.9 cm³/mol. The van der Waals surface area contributed by atoms with Gasteiger partial charge in [-0.25, -0.2) is 4.98 Å². The van der Waals surface area contributed by atoms with Crippen molar-refractivity contribution < 1.29 is 14.5 Å². The summed E-state index contributed by atoms with van der Waals surface area (Å²) in [5.41, 5.74) is 0.976. The summed E-state index contributed by atoms with van der Waals surface area (Å²) < 4.78 is 0. The smallest absolute Gasteiger partial charge is 0.315 e. The van der Waals surface area contributed by atoms with E-state index in [4.69, 9.17) is 0 Å². The second-order valence-electron chi connectivity index (χ2n) is 4.37. The number of amides is 2. The third-order valence-corrected chi connectivity index (χ3v) is 3.78. The number of nitrogens with zero attached hydrogens (tertiary/aromatic N) is 2. The summed E-state index contributed by atoms with van der Waals surface area (Å²) in [4.78, 5) is 38.5. The number of nitro benzene ring substituents is 1. The highest BCUT2D eigenvalue weighted by Crippen LogP contribution is 2.21. The van der Waals surface area contributed by atoms with Crippen LogP contribution in [0.15, 0.2) is 24.3 Å². The van der Waals surface area contributed by atoms with Gasteiger partial charge in [-0.05, 0) is 26.0 Å². The van der Waals surface area contributed by atoms with E-state index in [-0.39, 0.29) is 11.4 Å². The molecular weight excluding hydrogens is 308 g/mol. The van der Waals surface area contributed by atoms with Crippen LogP contribution in [0, 0.1) is 24.0 Å². The molecule has 0 aliphatic carbocycles. The Kier molecular flexibility index (Phi) is 4.47. The first-order valence-electron chi connectivity index (χ1n) is 6.17. The van der Waals surface area contributed by atoms with E-state index in [1.54, 1.807) is 6.92 Å². The van der Waals surface area contributed by atoms with Gasteiger partial charge in [0.25, 0.3) is 5.69 Å². The molecule has 0 saturated heterocycles. The molecule has 2 amide bonds. The van der Waals surface area contributed by atoms with Crippen LogP contribution in [0.25, 0.3) is 0 Å². The highest BCUT2D eigenvalue weighted by molar-refractivity contribution is 7.15. The number of nitro groups is 1. The zero-order valence-electron chi connectivity index (χ0n) is 11.7. The average Bonchev–Trinajstić information content (AvgIpc) is 2.77. The van der Waals surface area contributed by atoms with Crippen molar-refractivity contribution in [3.05, 3.63) is 45.0 Å². The quantitative estimate of drug-likeness (QED) is 0.511. The largest absolute Gasteiger partial charge is 0.318 e. The molecule has 22 heavy (non-hydrogen) atoms. The lowest BCUT2D eigenvalue weighted by Crippen LogP contribution is -2.29. The number of thiazole rings is 1. The average molecular weight is 320 g/mol. The van der Waals surface area contributed by atoms with Gasteiger partial charge in [0.05, 0.1) is 10.6 Å². The van der Waals surface area contributed by atoms with Crippen molar-refractivity contribution in [2.45, 2.75) is 13.8 Å². The number of hydrogen-bond acceptors (Lipinski definition) is 6. The van der Waals surface area contributed by atoms with Crippen molar-refractivity contribution in [3.8, 4) is 0 Å². The highest BCUT2D eigenvalue weighted by atomic mass is 32.1. The van der Waals surface area contributed by atoms with Gasteiger partial charge in [0.1, 0.15) is 0 Å². The minimum Gasteiger partial charge on any atom is -0.318 e. The fourth-order valence-electron chi connectivity index (χ4n) is 1.53. The summed E-state index contributed by atoms with van der Waals surface area (Å²) in [6, 6.07) is 5.17. The van der Waals surface area contributed by atoms with Crippen LogP contribution < -0.4 is 10.6 Å². The van der Waals surface area contributed by atoms with E-state index in [1.165, 1.54) is 35.6 Å². The molecule has 2 aromatic rings. The molecule has 1 aromatic carbocycles. The normalized spacial score (nSPS) is 10.1. The van der Waals surface area contributed by atoms with Crippen LogP contribution in [-0.4, -0.2) is 21.7 Å². The Balaban J connectivity index is 1.99. The number of non-ortho nitro benzene ring substituents is 1. The van der Waals surface area contributed by atoms with Crippen molar-refractivity contribution in [1.82, 2.24) is 4.98 Å². The topological polar surface area (TPSA) is 114 Å². The van der Waals surface area contributed by atoms with Gasteiger partial charge in [0.15, 0.2) is 5.13 Å². The molecule has 0 radical (unpaired) electrons. The van der Waals surface area contributed by atoms with Gasteiger partial charge in [-0.1, -0.05) is 0 Å². The molecule has 1 aromatic heterocycles. The number of nitrogens with one attached hydrogen (secondary N) is 2. The maximum atomic E-state index is 11.7. The number of anilines is 2. The first-order chi connectivity index (χ1) is 10.4. The third-order valence-electron chi connectivity index (χ3n) is 2.79. The highest BCUT2D eigenvalue weighted by Gasteiger charge is 2.16. The Morgan fingerprint density at radius 2 is 1.73 bits per heavy atom. The van der Waals surface area contributed by atoms with E-state index < -0.39 is 16.7 Å². The van der Waals surface area contributed by atoms with Gasteiger partial charge >= 0.3 is 11.8 Å². The molecule has 114 valence electrons. The van der Waals surface area contributed by atoms with Crippen molar-refractivity contribution in [3.63, 3.8) is 0 Å². The van der Waals surface area contributed by atoms with Crippen LogP contribution in [0.4, 0.5) is 16.5 Å². The Bertz CT molecular complexity index is 719. The predicted octanol–water partition coefficient (Wildman–Crippen LogP) is 2.25. The van der Waals surface area contributed by atoms with Crippen molar-refractivity contribution in [2.75, 3.05) is 10.6 Å². The minimum atomic E-state index is -0.876. The number of aromatic nitrogens is 1. The summed E-state index contributed by atoms with van der Waals surface area (Å²) >= 11 is 1.27. The Morgan fingerprint density at radius 1 is 1.14 bits per heavy atom. The van der Waals surface area contributed by atoms with E-state index >= 15 is 0 Å². The molecule has 2 N–H and O–H groups in total. The number of carbonyl (C=O) groups is 2. The molecule has 0 aliphatic rings. The molecule has 0 fully saturated rings. The van der Waals surface area contributed by atoms with Crippen LogP contribution in [0.5, 0.6) is 0 Å². The lowest BCUT2D eigenvalue weighted by atomic mass is 10.3. The van der Waals surface area contributed by atoms with E-state index in [1.807, 2.05) is 6.92 Å². The zero-order chi connectivity index (χ0) is 16.3. The number of hydrogen-bond donors (Lipinski definition) is 2. The molecule has 1 heterocycles. The van der Waals surface area contributed by atoms with Crippen LogP contribution in [-0.2, 0) is 9.59 Å². The van der Waals surface area contributed by atoms with Gasteiger partial charge in [-0.3, -0.25) is 25.0 Å². The number of benzene rings is 1. The van der Waals surface area contributed by atoms with Crippen molar-refractivity contribution >= 4 is 39.7 Å². The Morgan fingerprint density at radius 3 is 2.23 bits per heavy atom. The van der Waals surface area contributed by atoms with Crippen LogP contribution in [0.2, 0.25) is 0 Å². The molecule has 2 rings (SSSR count). The lowest BCUT2D eigenvalue weighted by Gasteiger charge is -2.04. The number of rotatable bonds is 3. The van der Waals surface area contributed by atoms with Crippen LogP contribution in [0.3, 0.4) is 0 Å². The maximum Gasteiger partial charge on any atom is 0.315 e. The number of carbonyl (C=O) groups excluding carboxylic acids is 2. The molecule has 0 bridgehead atoms. The SMILES string of the molecule is Cc1nc(NC(=O)C(=O)Nc2ccc([N+](=O)[O-])cc2)sc1C. The molecule has 0 aliphatic heterocycles. The van der Waals surface area contributed by atoms with Crippen molar-refractivity contribution in [2.24, 2.45) is 0 Å². The Hall–Kier alpha value is -2.81. The third kappa shape index (κ3) is 3.64. The maximum absolute atomic E-state index is 11.7. The van der Waals surface area contributed by atoms with E-state index in [0.717, 1.165) is 10.6 Å². The Labute approximate surface area is 129 Å². The summed E-state index contributed by atoms with van der Waals surface area (Å²) in [5.74, 6) is -1.73. The van der Waals surface area contributed by atoms with E-state index in [0.29, 0.717) is 5.13 Å². The summed E-state index contributed by atoms with van der Waals surface area (Å²) in [5, 5.41) is 15.6. The second-order valence-corrected chi connectivity index (χ2v) is 5.58. The summed E-state index contributed by atoms with van der Waals surface area (Å²) in [7, 11) is 0. The molecular formula is C13H12N4O4S. The van der Waals surface area contributed by atoms with Crippen molar-refractivity contribution in [1.29, 1.82) is 0 Å². The lowest BCUT2D eigenvalue weighted by molar-refractivity contribution is -0.384. The zero-order valence-corrected chi connectivity index (χ0v) is 12.6. The standard InChI is InChI=1S/C13H12N4O4S/c1-7-8(2)22-13(14-7)16-12(19)11(18)15-9-3-5-10(6-4-9)17(20)21/h3-6H,1-2H3,(H,15,18)(H,14,16,19). The van der Waals surface area contributed by atoms with Gasteiger partial charge in [0, 0.05) is 22.7 Å². The second kappa shape index (κ2) is 6.31. The number of aryl methyl sites for hydroxylation is 2. The molecule has 0 unspecified atom stereocenters. The molecule has 8 nitrogen and oxygen atoms in total. The summed E-state index contributed by atoms with van der Waals surface area (Å²) in [6.07, 6.45) is 0. The summed E-state index contributed by atoms with van der Waals surface area (Å²) in [6.45, 7) is 3.66. The van der Waals surface area contributed by atoms with E-state index in [9.17, 15) is 19.7 Å². The first-order valence-corrected chi connectivity index (χ1v) is 6.99.